The lowest BCUT2D eigenvalue weighted by atomic mass is 10.2. The normalized spacial score (nSPS) is 11.6. The molecule has 0 spiro atoms. The van der Waals surface area contributed by atoms with Gasteiger partial charge in [0.1, 0.15) is 12.0 Å². The van der Waals surface area contributed by atoms with Crippen molar-refractivity contribution in [3.8, 4) is 0 Å². The minimum Gasteiger partial charge on any atom is -0.362 e. The average Bonchev–Trinajstić information content (AvgIpc) is 2.73. The van der Waals surface area contributed by atoms with Gasteiger partial charge in [0.2, 0.25) is 5.82 Å². The zero-order valence-electron chi connectivity index (χ0n) is 15.8. The molecule has 0 aliphatic heterocycles. The molecular weight excluding hydrogens is 447 g/mol. The summed E-state index contributed by atoms with van der Waals surface area (Å²) in [6.45, 7) is 4.12. The Morgan fingerprint density at radius 1 is 1.06 bits per heavy atom. The summed E-state index contributed by atoms with van der Waals surface area (Å²) in [6, 6.07) is 9.83. The fourth-order valence-electron chi connectivity index (χ4n) is 2.61. The van der Waals surface area contributed by atoms with E-state index in [4.69, 9.17) is 23.2 Å². The Morgan fingerprint density at radius 2 is 1.84 bits per heavy atom. The number of rotatable bonds is 8. The Hall–Kier alpha value is -3.50. The lowest BCUT2D eigenvalue weighted by Gasteiger charge is -2.15. The monoisotopic (exact) mass is 461 g/mol. The SMILES string of the molecule is [CH2]C(Nc1ccc([N+](=O)[O-])cn1)c1ccc([N+](=O)[O-])c(NCc2ccc(Cl)cc2Cl)n1. The Kier molecular flexibility index (Phi) is 6.83. The second-order valence-corrected chi connectivity index (χ2v) is 7.15. The van der Waals surface area contributed by atoms with Crippen molar-refractivity contribution < 1.29 is 9.85 Å². The van der Waals surface area contributed by atoms with Crippen LogP contribution in [0.3, 0.4) is 0 Å². The van der Waals surface area contributed by atoms with E-state index in [-0.39, 0.29) is 23.7 Å². The maximum absolute atomic E-state index is 11.4. The Balaban J connectivity index is 1.79. The largest absolute Gasteiger partial charge is 0.362 e. The maximum atomic E-state index is 11.4. The molecule has 1 radical (unpaired) electrons. The molecule has 2 aromatic heterocycles. The van der Waals surface area contributed by atoms with E-state index in [9.17, 15) is 20.2 Å². The predicted octanol–water partition coefficient (Wildman–Crippen LogP) is 5.20. The van der Waals surface area contributed by atoms with Crippen LogP contribution in [0.1, 0.15) is 17.3 Å². The summed E-state index contributed by atoms with van der Waals surface area (Å²) in [7, 11) is 0. The van der Waals surface area contributed by atoms with Crippen molar-refractivity contribution in [2.45, 2.75) is 12.6 Å². The summed E-state index contributed by atoms with van der Waals surface area (Å²) >= 11 is 12.0. The molecular formula is C19H15Cl2N6O4. The quantitative estimate of drug-likeness (QED) is 0.344. The standard InChI is InChI=1S/C19H15Cl2N6O4/c1-11(24-18-7-4-14(10-22-18)26(28)29)16-5-6-17(27(30)31)19(25-16)23-9-12-2-3-13(20)8-15(12)21/h2-8,10-11H,1,9H2,(H,22,24)(H,23,25). The van der Waals surface area contributed by atoms with Gasteiger partial charge in [-0.1, -0.05) is 29.3 Å². The number of benzene rings is 1. The summed E-state index contributed by atoms with van der Waals surface area (Å²) in [5, 5.41) is 28.9. The smallest absolute Gasteiger partial charge is 0.311 e. The molecule has 10 nitrogen and oxygen atoms in total. The molecule has 1 unspecified atom stereocenters. The van der Waals surface area contributed by atoms with Crippen molar-refractivity contribution in [3.05, 3.63) is 97.1 Å². The minimum atomic E-state index is -0.630. The first-order valence-corrected chi connectivity index (χ1v) is 9.53. The van der Waals surface area contributed by atoms with Crippen LogP contribution in [0.2, 0.25) is 10.0 Å². The summed E-state index contributed by atoms with van der Waals surface area (Å²) in [6.07, 6.45) is 1.11. The van der Waals surface area contributed by atoms with Gasteiger partial charge in [-0.25, -0.2) is 9.97 Å². The van der Waals surface area contributed by atoms with Gasteiger partial charge in [0.05, 0.1) is 21.6 Å². The number of nitro groups is 2. The molecule has 12 heteroatoms. The van der Waals surface area contributed by atoms with E-state index in [2.05, 4.69) is 27.5 Å². The number of hydrogen-bond donors (Lipinski definition) is 2. The van der Waals surface area contributed by atoms with Crippen molar-refractivity contribution in [1.29, 1.82) is 0 Å². The van der Waals surface area contributed by atoms with Crippen molar-refractivity contribution in [2.75, 3.05) is 10.6 Å². The Bertz CT molecular complexity index is 1130. The maximum Gasteiger partial charge on any atom is 0.311 e. The van der Waals surface area contributed by atoms with E-state index in [0.29, 0.717) is 27.1 Å². The molecule has 1 aromatic carbocycles. The van der Waals surface area contributed by atoms with Crippen LogP contribution in [-0.4, -0.2) is 19.8 Å². The van der Waals surface area contributed by atoms with Crippen LogP contribution < -0.4 is 10.6 Å². The number of halogens is 2. The summed E-state index contributed by atoms with van der Waals surface area (Å²) in [4.78, 5) is 29.3. The number of anilines is 2. The van der Waals surface area contributed by atoms with E-state index < -0.39 is 15.9 Å². The van der Waals surface area contributed by atoms with Crippen LogP contribution >= 0.6 is 23.2 Å². The summed E-state index contributed by atoms with van der Waals surface area (Å²) in [5.41, 5.74) is 0.726. The van der Waals surface area contributed by atoms with Gasteiger partial charge in [-0.2, -0.15) is 0 Å². The van der Waals surface area contributed by atoms with Gasteiger partial charge in [0, 0.05) is 28.7 Å². The van der Waals surface area contributed by atoms with Gasteiger partial charge in [-0.15, -0.1) is 0 Å². The molecule has 0 fully saturated rings. The third-order valence-corrected chi connectivity index (χ3v) is 4.78. The second-order valence-electron chi connectivity index (χ2n) is 6.31. The zero-order chi connectivity index (χ0) is 22.5. The van der Waals surface area contributed by atoms with Gasteiger partial charge < -0.3 is 10.6 Å². The van der Waals surface area contributed by atoms with Crippen LogP contribution in [0.15, 0.2) is 48.7 Å². The molecule has 3 rings (SSSR count). The van der Waals surface area contributed by atoms with Crippen LogP contribution in [0, 0.1) is 27.2 Å². The molecule has 2 N–H and O–H groups in total. The first-order valence-electron chi connectivity index (χ1n) is 8.78. The summed E-state index contributed by atoms with van der Waals surface area (Å²) < 4.78 is 0. The number of nitrogens with one attached hydrogen (secondary N) is 2. The molecule has 31 heavy (non-hydrogen) atoms. The molecule has 1 atom stereocenters. The topological polar surface area (TPSA) is 136 Å². The average molecular weight is 462 g/mol. The molecule has 3 aromatic rings. The highest BCUT2D eigenvalue weighted by Crippen LogP contribution is 2.28. The molecule has 2 heterocycles. The van der Waals surface area contributed by atoms with Crippen molar-refractivity contribution >= 4 is 46.2 Å². The molecule has 0 amide bonds. The highest BCUT2D eigenvalue weighted by Gasteiger charge is 2.19. The highest BCUT2D eigenvalue weighted by molar-refractivity contribution is 6.35. The molecule has 0 aliphatic carbocycles. The lowest BCUT2D eigenvalue weighted by molar-refractivity contribution is -0.385. The molecule has 0 aliphatic rings. The van der Waals surface area contributed by atoms with E-state index in [1.165, 1.54) is 24.3 Å². The van der Waals surface area contributed by atoms with E-state index >= 15 is 0 Å². The zero-order valence-corrected chi connectivity index (χ0v) is 17.3. The van der Waals surface area contributed by atoms with Gasteiger partial charge in [-0.05, 0) is 36.8 Å². The first kappa shape index (κ1) is 22.2. The van der Waals surface area contributed by atoms with Crippen molar-refractivity contribution in [1.82, 2.24) is 9.97 Å². The van der Waals surface area contributed by atoms with Crippen molar-refractivity contribution in [2.24, 2.45) is 0 Å². The lowest BCUT2D eigenvalue weighted by Crippen LogP contribution is -2.12. The van der Waals surface area contributed by atoms with Gasteiger partial charge >= 0.3 is 5.69 Å². The van der Waals surface area contributed by atoms with Crippen LogP contribution in [-0.2, 0) is 6.54 Å². The van der Waals surface area contributed by atoms with E-state index in [0.717, 1.165) is 6.20 Å². The number of aromatic nitrogens is 2. The second kappa shape index (κ2) is 9.54. The minimum absolute atomic E-state index is 0.0422. The number of pyridine rings is 2. The summed E-state index contributed by atoms with van der Waals surface area (Å²) in [5.74, 6) is 0.383. The highest BCUT2D eigenvalue weighted by atomic mass is 35.5. The fraction of sp³-hybridized carbons (Fsp3) is 0.105. The van der Waals surface area contributed by atoms with Gasteiger partial charge in [-0.3, -0.25) is 20.2 Å². The van der Waals surface area contributed by atoms with Crippen LogP contribution in [0.5, 0.6) is 0 Å². The van der Waals surface area contributed by atoms with Gasteiger partial charge in [0.25, 0.3) is 5.69 Å². The third-order valence-electron chi connectivity index (χ3n) is 4.19. The van der Waals surface area contributed by atoms with E-state index in [1.807, 2.05) is 0 Å². The molecule has 0 bridgehead atoms. The van der Waals surface area contributed by atoms with Crippen LogP contribution in [0.4, 0.5) is 23.0 Å². The Morgan fingerprint density at radius 3 is 2.45 bits per heavy atom. The number of hydrogen-bond acceptors (Lipinski definition) is 8. The van der Waals surface area contributed by atoms with Crippen molar-refractivity contribution in [3.63, 3.8) is 0 Å². The number of nitrogens with zero attached hydrogens (tertiary/aromatic N) is 4. The predicted molar refractivity (Wildman–Crippen MR) is 117 cm³/mol. The van der Waals surface area contributed by atoms with Gasteiger partial charge in [0.15, 0.2) is 0 Å². The third kappa shape index (κ3) is 5.56. The van der Waals surface area contributed by atoms with Crippen LogP contribution in [0.25, 0.3) is 0 Å². The molecule has 0 saturated carbocycles. The molecule has 159 valence electrons. The Labute approximate surface area is 186 Å². The molecule has 0 saturated heterocycles. The first-order chi connectivity index (χ1) is 14.7. The fourth-order valence-corrected chi connectivity index (χ4v) is 3.09. The van der Waals surface area contributed by atoms with E-state index in [1.54, 1.807) is 18.2 Å².